The predicted octanol–water partition coefficient (Wildman–Crippen LogP) is 4.99. The smallest absolute Gasteiger partial charge is 0.252 e. The van der Waals surface area contributed by atoms with Crippen LogP contribution in [0, 0.1) is 6.92 Å². The number of benzene rings is 2. The van der Waals surface area contributed by atoms with E-state index in [2.05, 4.69) is 37.8 Å². The maximum absolute atomic E-state index is 13.1. The van der Waals surface area contributed by atoms with Gasteiger partial charge in [-0.2, -0.15) is 0 Å². The second-order valence-corrected chi connectivity index (χ2v) is 7.69. The average molecular weight is 394 g/mol. The molecule has 0 spiro atoms. The van der Waals surface area contributed by atoms with Gasteiger partial charge in [0.2, 0.25) is 0 Å². The van der Waals surface area contributed by atoms with Crippen molar-refractivity contribution in [3.63, 3.8) is 0 Å². The Balaban J connectivity index is 1.88. The third-order valence-electron chi connectivity index (χ3n) is 4.86. The fourth-order valence-electron chi connectivity index (χ4n) is 3.09. The van der Waals surface area contributed by atoms with Gasteiger partial charge in [-0.1, -0.05) is 67.6 Å². The minimum absolute atomic E-state index is 0.0345. The van der Waals surface area contributed by atoms with Crippen LogP contribution in [-0.2, 0) is 4.79 Å². The summed E-state index contributed by atoms with van der Waals surface area (Å²) < 4.78 is 1.11. The second-order valence-electron chi connectivity index (χ2n) is 6.68. The van der Waals surface area contributed by atoms with Gasteiger partial charge in [-0.05, 0) is 43.3 Å². The number of nitrogens with zero attached hydrogens (tertiary/aromatic N) is 3. The molecule has 146 valence electrons. The van der Waals surface area contributed by atoms with Gasteiger partial charge in [-0.15, -0.1) is 0 Å². The molecule has 1 amide bonds. The molecule has 0 radical (unpaired) electrons. The van der Waals surface area contributed by atoms with Crippen molar-refractivity contribution in [1.29, 1.82) is 0 Å². The Bertz CT molecular complexity index is 945. The number of carbonyl (C=O) groups excluding carboxylic acids is 1. The highest BCUT2D eigenvalue weighted by Gasteiger charge is 2.19. The summed E-state index contributed by atoms with van der Waals surface area (Å²) >= 11 is 1.58. The number of aromatic nitrogens is 1. The number of hydrogen-bond donors (Lipinski definition) is 0. The Morgan fingerprint density at radius 2 is 1.79 bits per heavy atom. The van der Waals surface area contributed by atoms with Crippen molar-refractivity contribution in [3.8, 4) is 0 Å². The standard InChI is InChI=1S/C23H27N3OS/c1-4-25(5-2)16-17-26(21(27)15-14-19-11-7-6-8-12-19)23-24-22-18(3)10-9-13-20(22)28-23/h6-15H,4-5,16-17H2,1-3H3. The van der Waals surface area contributed by atoms with Crippen LogP contribution in [0.1, 0.15) is 25.0 Å². The third kappa shape index (κ3) is 4.86. The topological polar surface area (TPSA) is 36.4 Å². The Hall–Kier alpha value is -2.50. The molecule has 0 unspecified atom stereocenters. The average Bonchev–Trinajstić information content (AvgIpc) is 3.15. The molecular formula is C23H27N3OS. The molecule has 0 N–H and O–H groups in total. The first kappa shape index (κ1) is 20.2. The number of anilines is 1. The monoisotopic (exact) mass is 393 g/mol. The lowest BCUT2D eigenvalue weighted by Crippen LogP contribution is -2.38. The zero-order valence-electron chi connectivity index (χ0n) is 16.8. The number of rotatable bonds is 8. The summed E-state index contributed by atoms with van der Waals surface area (Å²) in [6, 6.07) is 16.1. The molecule has 3 aromatic rings. The van der Waals surface area contributed by atoms with E-state index in [1.807, 2.05) is 47.4 Å². The minimum atomic E-state index is -0.0345. The molecular weight excluding hydrogens is 366 g/mol. The van der Waals surface area contributed by atoms with Crippen molar-refractivity contribution >= 4 is 38.7 Å². The number of hydrogen-bond acceptors (Lipinski definition) is 4. The summed E-state index contributed by atoms with van der Waals surface area (Å²) in [6.45, 7) is 9.74. The molecule has 0 aliphatic heterocycles. The summed E-state index contributed by atoms with van der Waals surface area (Å²) in [5.41, 5.74) is 3.13. The fourth-order valence-corrected chi connectivity index (χ4v) is 4.17. The van der Waals surface area contributed by atoms with E-state index in [0.717, 1.165) is 46.1 Å². The molecule has 0 bridgehead atoms. The maximum atomic E-state index is 13.1. The largest absolute Gasteiger partial charge is 0.302 e. The van der Waals surface area contributed by atoms with Gasteiger partial charge >= 0.3 is 0 Å². The molecule has 5 heteroatoms. The number of amides is 1. The number of likely N-dealkylation sites (N-methyl/N-ethyl adjacent to an activating group) is 1. The molecule has 1 aromatic heterocycles. The van der Waals surface area contributed by atoms with E-state index in [4.69, 9.17) is 4.98 Å². The summed E-state index contributed by atoms with van der Waals surface area (Å²) in [5, 5.41) is 0.763. The number of fused-ring (bicyclic) bond motifs is 1. The van der Waals surface area contributed by atoms with Gasteiger partial charge in [-0.25, -0.2) is 4.98 Å². The van der Waals surface area contributed by atoms with Gasteiger partial charge in [0.1, 0.15) is 0 Å². The maximum Gasteiger partial charge on any atom is 0.252 e. The Labute approximate surface area is 171 Å². The van der Waals surface area contributed by atoms with Crippen LogP contribution < -0.4 is 4.90 Å². The lowest BCUT2D eigenvalue weighted by Gasteiger charge is -2.23. The Kier molecular flexibility index (Phi) is 6.95. The summed E-state index contributed by atoms with van der Waals surface area (Å²) in [5.74, 6) is -0.0345. The van der Waals surface area contributed by atoms with Crippen molar-refractivity contribution in [2.24, 2.45) is 0 Å². The van der Waals surface area contributed by atoms with Crippen LogP contribution in [0.4, 0.5) is 5.13 Å². The molecule has 0 atom stereocenters. The third-order valence-corrected chi connectivity index (χ3v) is 5.90. The first-order chi connectivity index (χ1) is 13.6. The van der Waals surface area contributed by atoms with E-state index in [1.54, 1.807) is 17.4 Å². The summed E-state index contributed by atoms with van der Waals surface area (Å²) in [6.07, 6.45) is 3.52. The molecule has 28 heavy (non-hydrogen) atoms. The SMILES string of the molecule is CCN(CC)CCN(C(=O)C=Cc1ccccc1)c1nc2c(C)cccc2s1. The van der Waals surface area contributed by atoms with E-state index in [9.17, 15) is 4.79 Å². The molecule has 1 heterocycles. The van der Waals surface area contributed by atoms with Crippen LogP contribution in [0.15, 0.2) is 54.6 Å². The molecule has 4 nitrogen and oxygen atoms in total. The number of aryl methyl sites for hydroxylation is 1. The van der Waals surface area contributed by atoms with Crippen molar-refractivity contribution < 1.29 is 4.79 Å². The molecule has 0 saturated heterocycles. The van der Waals surface area contributed by atoms with Gasteiger partial charge < -0.3 is 4.90 Å². The van der Waals surface area contributed by atoms with Gasteiger partial charge in [-0.3, -0.25) is 9.69 Å². The zero-order valence-corrected chi connectivity index (χ0v) is 17.6. The molecule has 0 saturated carbocycles. The van der Waals surface area contributed by atoms with E-state index >= 15 is 0 Å². The fraction of sp³-hybridized carbons (Fsp3) is 0.304. The predicted molar refractivity (Wildman–Crippen MR) is 120 cm³/mol. The van der Waals surface area contributed by atoms with E-state index in [1.165, 1.54) is 0 Å². The second kappa shape index (κ2) is 9.62. The van der Waals surface area contributed by atoms with Crippen LogP contribution in [0.3, 0.4) is 0 Å². The van der Waals surface area contributed by atoms with E-state index in [0.29, 0.717) is 6.54 Å². The van der Waals surface area contributed by atoms with Crippen molar-refractivity contribution in [1.82, 2.24) is 9.88 Å². The molecule has 2 aromatic carbocycles. The highest BCUT2D eigenvalue weighted by atomic mass is 32.1. The Morgan fingerprint density at radius 1 is 1.04 bits per heavy atom. The van der Waals surface area contributed by atoms with Crippen LogP contribution in [0.25, 0.3) is 16.3 Å². The molecule has 0 aliphatic carbocycles. The van der Waals surface area contributed by atoms with Gasteiger partial charge in [0.05, 0.1) is 10.2 Å². The quantitative estimate of drug-likeness (QED) is 0.506. The number of para-hydroxylation sites is 1. The van der Waals surface area contributed by atoms with Crippen LogP contribution in [0.2, 0.25) is 0 Å². The first-order valence-corrected chi connectivity index (χ1v) is 10.6. The summed E-state index contributed by atoms with van der Waals surface area (Å²) in [7, 11) is 0. The van der Waals surface area contributed by atoms with E-state index < -0.39 is 0 Å². The van der Waals surface area contributed by atoms with Crippen LogP contribution >= 0.6 is 11.3 Å². The lowest BCUT2D eigenvalue weighted by atomic mass is 10.2. The number of thiazole rings is 1. The normalized spacial score (nSPS) is 11.6. The molecule has 0 aliphatic rings. The van der Waals surface area contributed by atoms with Crippen molar-refractivity contribution in [2.45, 2.75) is 20.8 Å². The number of carbonyl (C=O) groups is 1. The van der Waals surface area contributed by atoms with Crippen molar-refractivity contribution in [3.05, 3.63) is 65.7 Å². The lowest BCUT2D eigenvalue weighted by molar-refractivity contribution is -0.114. The van der Waals surface area contributed by atoms with Crippen molar-refractivity contribution in [2.75, 3.05) is 31.1 Å². The van der Waals surface area contributed by atoms with Gasteiger partial charge in [0, 0.05) is 19.2 Å². The Morgan fingerprint density at radius 3 is 2.46 bits per heavy atom. The first-order valence-electron chi connectivity index (χ1n) is 9.75. The highest BCUT2D eigenvalue weighted by molar-refractivity contribution is 7.22. The molecule has 3 rings (SSSR count). The zero-order chi connectivity index (χ0) is 19.9. The van der Waals surface area contributed by atoms with Crippen LogP contribution in [-0.4, -0.2) is 42.0 Å². The van der Waals surface area contributed by atoms with Gasteiger partial charge in [0.15, 0.2) is 5.13 Å². The highest BCUT2D eigenvalue weighted by Crippen LogP contribution is 2.30. The van der Waals surface area contributed by atoms with Crippen LogP contribution in [0.5, 0.6) is 0 Å². The van der Waals surface area contributed by atoms with Gasteiger partial charge in [0.25, 0.3) is 5.91 Å². The summed E-state index contributed by atoms with van der Waals surface area (Å²) in [4.78, 5) is 22.0. The van der Waals surface area contributed by atoms with E-state index in [-0.39, 0.29) is 5.91 Å². The molecule has 0 fully saturated rings. The minimum Gasteiger partial charge on any atom is -0.302 e.